The molecule has 3 heteroatoms. The Labute approximate surface area is 116 Å². The number of para-hydroxylation sites is 1. The van der Waals surface area contributed by atoms with Gasteiger partial charge >= 0.3 is 0 Å². The van der Waals surface area contributed by atoms with Gasteiger partial charge in [-0.1, -0.05) is 39.0 Å². The predicted molar refractivity (Wildman–Crippen MR) is 81.2 cm³/mol. The van der Waals surface area contributed by atoms with E-state index in [0.29, 0.717) is 6.42 Å². The Morgan fingerprint density at radius 1 is 1.26 bits per heavy atom. The SMILES string of the molecule is Cc1cccc(C)c1NC(=O)CC(N)CC(C)(C)C. The van der Waals surface area contributed by atoms with E-state index >= 15 is 0 Å². The molecule has 0 aromatic heterocycles. The van der Waals surface area contributed by atoms with Crippen LogP contribution < -0.4 is 11.1 Å². The summed E-state index contributed by atoms with van der Waals surface area (Å²) in [6, 6.07) is 5.89. The maximum Gasteiger partial charge on any atom is 0.225 e. The van der Waals surface area contributed by atoms with Crippen LogP contribution in [0.4, 0.5) is 5.69 Å². The lowest BCUT2D eigenvalue weighted by molar-refractivity contribution is -0.116. The minimum absolute atomic E-state index is 0.00542. The van der Waals surface area contributed by atoms with Crippen LogP contribution in [-0.4, -0.2) is 11.9 Å². The van der Waals surface area contributed by atoms with Crippen molar-refractivity contribution in [2.45, 2.75) is 53.5 Å². The Kier molecular flexibility index (Phi) is 5.12. The van der Waals surface area contributed by atoms with Crippen molar-refractivity contribution in [2.24, 2.45) is 11.1 Å². The number of nitrogens with two attached hydrogens (primary N) is 1. The summed E-state index contributed by atoms with van der Waals surface area (Å²) in [5.74, 6) is -0.00542. The number of carbonyl (C=O) groups excluding carboxylic acids is 1. The third-order valence-electron chi connectivity index (χ3n) is 3.07. The molecule has 0 radical (unpaired) electrons. The maximum absolute atomic E-state index is 12.0. The molecule has 0 saturated carbocycles. The van der Waals surface area contributed by atoms with Gasteiger partial charge in [-0.05, 0) is 36.8 Å². The second kappa shape index (κ2) is 6.20. The van der Waals surface area contributed by atoms with Gasteiger partial charge in [0.2, 0.25) is 5.91 Å². The van der Waals surface area contributed by atoms with E-state index in [4.69, 9.17) is 5.73 Å². The van der Waals surface area contributed by atoms with Gasteiger partial charge in [-0.3, -0.25) is 4.79 Å². The molecule has 0 aliphatic carbocycles. The quantitative estimate of drug-likeness (QED) is 0.873. The molecule has 0 spiro atoms. The first kappa shape index (κ1) is 15.7. The minimum Gasteiger partial charge on any atom is -0.327 e. The number of anilines is 1. The van der Waals surface area contributed by atoms with Crippen LogP contribution in [0.25, 0.3) is 0 Å². The van der Waals surface area contributed by atoms with Crippen molar-refractivity contribution in [3.05, 3.63) is 29.3 Å². The van der Waals surface area contributed by atoms with E-state index in [0.717, 1.165) is 23.2 Å². The molecule has 1 rings (SSSR count). The second-order valence-corrected chi connectivity index (χ2v) is 6.54. The van der Waals surface area contributed by atoms with Crippen molar-refractivity contribution < 1.29 is 4.79 Å². The van der Waals surface area contributed by atoms with Crippen LogP contribution >= 0.6 is 0 Å². The van der Waals surface area contributed by atoms with E-state index in [1.165, 1.54) is 0 Å². The molecule has 0 bridgehead atoms. The molecule has 3 nitrogen and oxygen atoms in total. The van der Waals surface area contributed by atoms with Gasteiger partial charge in [-0.15, -0.1) is 0 Å². The zero-order valence-electron chi connectivity index (χ0n) is 12.7. The number of carbonyl (C=O) groups is 1. The molecule has 0 aliphatic rings. The number of benzene rings is 1. The van der Waals surface area contributed by atoms with Gasteiger partial charge in [0, 0.05) is 18.2 Å². The zero-order chi connectivity index (χ0) is 14.6. The van der Waals surface area contributed by atoms with Crippen molar-refractivity contribution in [1.82, 2.24) is 0 Å². The van der Waals surface area contributed by atoms with Gasteiger partial charge in [-0.25, -0.2) is 0 Å². The van der Waals surface area contributed by atoms with Crippen LogP contribution in [0.5, 0.6) is 0 Å². The third kappa shape index (κ3) is 5.43. The largest absolute Gasteiger partial charge is 0.327 e. The highest BCUT2D eigenvalue weighted by Crippen LogP contribution is 2.22. The average Bonchev–Trinajstić information content (AvgIpc) is 2.20. The summed E-state index contributed by atoms with van der Waals surface area (Å²) in [5.41, 5.74) is 9.26. The molecule has 1 amide bonds. The molecule has 1 atom stereocenters. The van der Waals surface area contributed by atoms with E-state index in [2.05, 4.69) is 26.1 Å². The third-order valence-corrected chi connectivity index (χ3v) is 3.07. The van der Waals surface area contributed by atoms with E-state index in [-0.39, 0.29) is 17.4 Å². The topological polar surface area (TPSA) is 55.1 Å². The van der Waals surface area contributed by atoms with Crippen molar-refractivity contribution in [2.75, 3.05) is 5.32 Å². The predicted octanol–water partition coefficient (Wildman–Crippen LogP) is 3.40. The fourth-order valence-corrected chi connectivity index (χ4v) is 2.30. The van der Waals surface area contributed by atoms with Crippen molar-refractivity contribution in [3.8, 4) is 0 Å². The van der Waals surface area contributed by atoms with Gasteiger partial charge in [0.15, 0.2) is 0 Å². The first-order valence-electron chi connectivity index (χ1n) is 6.81. The number of rotatable bonds is 4. The van der Waals surface area contributed by atoms with E-state index in [1.807, 2.05) is 32.0 Å². The minimum atomic E-state index is -0.0932. The number of amides is 1. The summed E-state index contributed by atoms with van der Waals surface area (Å²) in [7, 11) is 0. The zero-order valence-corrected chi connectivity index (χ0v) is 12.7. The maximum atomic E-state index is 12.0. The number of hydrogen-bond acceptors (Lipinski definition) is 2. The molecule has 1 aromatic rings. The highest BCUT2D eigenvalue weighted by molar-refractivity contribution is 5.92. The van der Waals surface area contributed by atoms with Crippen molar-refractivity contribution in [1.29, 1.82) is 0 Å². The second-order valence-electron chi connectivity index (χ2n) is 6.54. The summed E-state index contributed by atoms with van der Waals surface area (Å²) in [5, 5.41) is 2.98. The molecule has 1 aromatic carbocycles. The van der Waals surface area contributed by atoms with E-state index < -0.39 is 0 Å². The number of nitrogens with one attached hydrogen (secondary N) is 1. The van der Waals surface area contributed by atoms with Crippen LogP contribution in [0.2, 0.25) is 0 Å². The van der Waals surface area contributed by atoms with Crippen LogP contribution in [-0.2, 0) is 4.79 Å². The summed E-state index contributed by atoms with van der Waals surface area (Å²) >= 11 is 0. The highest BCUT2D eigenvalue weighted by Gasteiger charge is 2.18. The fourth-order valence-electron chi connectivity index (χ4n) is 2.30. The molecule has 0 fully saturated rings. The summed E-state index contributed by atoms with van der Waals surface area (Å²) in [6.45, 7) is 10.4. The van der Waals surface area contributed by atoms with Gasteiger partial charge < -0.3 is 11.1 Å². The van der Waals surface area contributed by atoms with Crippen LogP contribution in [0.15, 0.2) is 18.2 Å². The Hall–Kier alpha value is -1.35. The van der Waals surface area contributed by atoms with E-state index in [1.54, 1.807) is 0 Å². The Balaban J connectivity index is 2.61. The molecule has 19 heavy (non-hydrogen) atoms. The molecule has 3 N–H and O–H groups in total. The number of aryl methyl sites for hydroxylation is 2. The van der Waals surface area contributed by atoms with Crippen LogP contribution in [0.1, 0.15) is 44.7 Å². The normalized spacial score (nSPS) is 13.2. The molecule has 0 heterocycles. The molecule has 106 valence electrons. The Bertz CT molecular complexity index is 426. The summed E-state index contributed by atoms with van der Waals surface area (Å²) in [4.78, 5) is 12.0. The summed E-state index contributed by atoms with van der Waals surface area (Å²) in [6.07, 6.45) is 1.21. The lowest BCUT2D eigenvalue weighted by atomic mass is 9.87. The van der Waals surface area contributed by atoms with Gasteiger partial charge in [0.25, 0.3) is 0 Å². The monoisotopic (exact) mass is 262 g/mol. The number of hydrogen-bond donors (Lipinski definition) is 2. The van der Waals surface area contributed by atoms with E-state index in [9.17, 15) is 4.79 Å². The fraction of sp³-hybridized carbons (Fsp3) is 0.562. The summed E-state index contributed by atoms with van der Waals surface area (Å²) < 4.78 is 0. The average molecular weight is 262 g/mol. The first-order chi connectivity index (χ1) is 8.69. The van der Waals surface area contributed by atoms with Gasteiger partial charge in [0.1, 0.15) is 0 Å². The lowest BCUT2D eigenvalue weighted by Gasteiger charge is -2.23. The Morgan fingerprint density at radius 2 is 1.79 bits per heavy atom. The standard InChI is InChI=1S/C16H26N2O/c1-11-7-6-8-12(2)15(11)18-14(19)9-13(17)10-16(3,4)5/h6-8,13H,9-10,17H2,1-5H3,(H,18,19). The lowest BCUT2D eigenvalue weighted by Crippen LogP contribution is -2.31. The van der Waals surface area contributed by atoms with Crippen LogP contribution in [0.3, 0.4) is 0 Å². The molecule has 1 unspecified atom stereocenters. The highest BCUT2D eigenvalue weighted by atomic mass is 16.1. The molecule has 0 aliphatic heterocycles. The van der Waals surface area contributed by atoms with Crippen molar-refractivity contribution >= 4 is 11.6 Å². The van der Waals surface area contributed by atoms with Gasteiger partial charge in [0.05, 0.1) is 0 Å². The molecular formula is C16H26N2O. The van der Waals surface area contributed by atoms with Crippen molar-refractivity contribution in [3.63, 3.8) is 0 Å². The molecule has 0 saturated heterocycles. The first-order valence-corrected chi connectivity index (χ1v) is 6.81. The van der Waals surface area contributed by atoms with Gasteiger partial charge in [-0.2, -0.15) is 0 Å². The van der Waals surface area contributed by atoms with Crippen LogP contribution in [0, 0.1) is 19.3 Å². The smallest absolute Gasteiger partial charge is 0.225 e. The molecular weight excluding hydrogens is 236 g/mol. The Morgan fingerprint density at radius 3 is 2.26 bits per heavy atom.